The van der Waals surface area contributed by atoms with E-state index in [1.54, 1.807) is 19.1 Å². The Balaban J connectivity index is 1.98. The van der Waals surface area contributed by atoms with Crippen molar-refractivity contribution in [3.05, 3.63) is 22.6 Å². The van der Waals surface area contributed by atoms with Crippen molar-refractivity contribution in [1.82, 2.24) is 5.32 Å². The van der Waals surface area contributed by atoms with Crippen LogP contribution in [-0.2, 0) is 5.60 Å². The van der Waals surface area contributed by atoms with Crippen LogP contribution in [-0.4, -0.2) is 17.7 Å². The van der Waals surface area contributed by atoms with Crippen LogP contribution in [0.15, 0.2) is 21.2 Å². The van der Waals surface area contributed by atoms with Gasteiger partial charge in [-0.3, -0.25) is 0 Å². The first-order valence-corrected chi connectivity index (χ1v) is 5.59. The smallest absolute Gasteiger partial charge is 0.169 e. The summed E-state index contributed by atoms with van der Waals surface area (Å²) < 4.78 is 5.98. The molecule has 0 bridgehead atoms. The molecule has 0 aromatic carbocycles. The summed E-state index contributed by atoms with van der Waals surface area (Å²) in [5.41, 5.74) is -0.922. The summed E-state index contributed by atoms with van der Waals surface area (Å²) in [6.07, 6.45) is 2.44. The topological polar surface area (TPSA) is 45.4 Å². The first-order valence-electron chi connectivity index (χ1n) is 4.79. The third kappa shape index (κ3) is 2.38. The highest BCUT2D eigenvalue weighted by molar-refractivity contribution is 9.10. The molecule has 0 saturated heterocycles. The quantitative estimate of drug-likeness (QED) is 0.870. The SMILES string of the molecule is CC(O)(CNC1CC1)c1ccc(Br)o1. The molecule has 1 fully saturated rings. The van der Waals surface area contributed by atoms with Crippen molar-refractivity contribution in [2.75, 3.05) is 6.54 Å². The largest absolute Gasteiger partial charge is 0.451 e. The van der Waals surface area contributed by atoms with E-state index >= 15 is 0 Å². The van der Waals surface area contributed by atoms with Crippen LogP contribution in [0.3, 0.4) is 0 Å². The number of furan rings is 1. The summed E-state index contributed by atoms with van der Waals surface area (Å²) in [7, 11) is 0. The molecule has 3 nitrogen and oxygen atoms in total. The highest BCUT2D eigenvalue weighted by atomic mass is 79.9. The van der Waals surface area contributed by atoms with Crippen LogP contribution in [0, 0.1) is 0 Å². The van der Waals surface area contributed by atoms with Crippen LogP contribution in [0.1, 0.15) is 25.5 Å². The number of hydrogen-bond donors (Lipinski definition) is 2. The van der Waals surface area contributed by atoms with Crippen molar-refractivity contribution in [3.8, 4) is 0 Å². The standard InChI is InChI=1S/C10H14BrNO2/c1-10(13,6-12-7-2-3-7)8-4-5-9(11)14-8/h4-5,7,12-13H,2-3,6H2,1H3. The summed E-state index contributed by atoms with van der Waals surface area (Å²) in [6.45, 7) is 2.30. The Morgan fingerprint density at radius 2 is 2.36 bits per heavy atom. The molecular weight excluding hydrogens is 246 g/mol. The van der Waals surface area contributed by atoms with Gasteiger partial charge in [0.1, 0.15) is 11.4 Å². The predicted molar refractivity (Wildman–Crippen MR) is 57.0 cm³/mol. The molecule has 0 aliphatic heterocycles. The van der Waals surface area contributed by atoms with Gasteiger partial charge >= 0.3 is 0 Å². The normalized spacial score (nSPS) is 20.8. The van der Waals surface area contributed by atoms with E-state index in [4.69, 9.17) is 4.42 Å². The summed E-state index contributed by atoms with van der Waals surface area (Å²) in [5.74, 6) is 0.595. The van der Waals surface area contributed by atoms with E-state index in [2.05, 4.69) is 21.2 Å². The van der Waals surface area contributed by atoms with Crippen molar-refractivity contribution in [1.29, 1.82) is 0 Å². The van der Waals surface area contributed by atoms with Gasteiger partial charge in [-0.05, 0) is 47.8 Å². The highest BCUT2D eigenvalue weighted by Crippen LogP contribution is 2.26. The predicted octanol–water partition coefficient (Wildman–Crippen LogP) is 2.00. The number of aliphatic hydroxyl groups is 1. The van der Waals surface area contributed by atoms with E-state index in [1.807, 2.05) is 0 Å². The van der Waals surface area contributed by atoms with Gasteiger partial charge in [-0.2, -0.15) is 0 Å². The molecule has 1 aliphatic rings. The summed E-state index contributed by atoms with van der Waals surface area (Å²) in [6, 6.07) is 4.18. The fraction of sp³-hybridized carbons (Fsp3) is 0.600. The summed E-state index contributed by atoms with van der Waals surface area (Å²) in [5, 5.41) is 13.4. The van der Waals surface area contributed by atoms with Crippen molar-refractivity contribution in [2.45, 2.75) is 31.4 Å². The Morgan fingerprint density at radius 3 is 2.86 bits per heavy atom. The maximum absolute atomic E-state index is 10.1. The number of hydrogen-bond acceptors (Lipinski definition) is 3. The van der Waals surface area contributed by atoms with Gasteiger partial charge in [0.25, 0.3) is 0 Å². The molecule has 1 atom stereocenters. The maximum Gasteiger partial charge on any atom is 0.169 e. The van der Waals surface area contributed by atoms with Gasteiger partial charge in [0.05, 0.1) is 0 Å². The average molecular weight is 260 g/mol. The molecule has 1 saturated carbocycles. The molecule has 0 amide bonds. The molecule has 78 valence electrons. The van der Waals surface area contributed by atoms with E-state index in [0.29, 0.717) is 23.0 Å². The van der Waals surface area contributed by atoms with Gasteiger partial charge in [0, 0.05) is 12.6 Å². The molecule has 2 N–H and O–H groups in total. The Kier molecular flexibility index (Phi) is 2.68. The van der Waals surface area contributed by atoms with E-state index < -0.39 is 5.60 Å². The van der Waals surface area contributed by atoms with Crippen molar-refractivity contribution in [2.24, 2.45) is 0 Å². The monoisotopic (exact) mass is 259 g/mol. The van der Waals surface area contributed by atoms with Crippen molar-refractivity contribution >= 4 is 15.9 Å². The second-order valence-electron chi connectivity index (χ2n) is 4.03. The minimum atomic E-state index is -0.922. The van der Waals surface area contributed by atoms with Gasteiger partial charge in [0.2, 0.25) is 0 Å². The lowest BCUT2D eigenvalue weighted by molar-refractivity contribution is 0.0331. The van der Waals surface area contributed by atoms with Crippen LogP contribution >= 0.6 is 15.9 Å². The van der Waals surface area contributed by atoms with E-state index in [9.17, 15) is 5.11 Å². The van der Waals surface area contributed by atoms with Gasteiger partial charge in [0.15, 0.2) is 4.67 Å². The minimum absolute atomic E-state index is 0.539. The summed E-state index contributed by atoms with van der Waals surface area (Å²) in [4.78, 5) is 0. The highest BCUT2D eigenvalue weighted by Gasteiger charge is 2.30. The number of rotatable bonds is 4. The van der Waals surface area contributed by atoms with Crippen LogP contribution in [0.25, 0.3) is 0 Å². The van der Waals surface area contributed by atoms with Crippen LogP contribution in [0.4, 0.5) is 0 Å². The molecule has 1 aromatic heterocycles. The zero-order valence-electron chi connectivity index (χ0n) is 8.09. The Labute approximate surface area is 91.6 Å². The fourth-order valence-electron chi connectivity index (χ4n) is 1.32. The lowest BCUT2D eigenvalue weighted by atomic mass is 10.0. The molecule has 1 aliphatic carbocycles. The molecule has 1 aromatic rings. The molecular formula is C10H14BrNO2. The second-order valence-corrected chi connectivity index (χ2v) is 4.81. The Hall–Kier alpha value is -0.320. The van der Waals surface area contributed by atoms with Gasteiger partial charge in [-0.1, -0.05) is 0 Å². The zero-order valence-corrected chi connectivity index (χ0v) is 9.67. The van der Waals surface area contributed by atoms with Crippen molar-refractivity contribution < 1.29 is 9.52 Å². The molecule has 0 radical (unpaired) electrons. The molecule has 1 unspecified atom stereocenters. The summed E-state index contributed by atoms with van der Waals surface area (Å²) >= 11 is 3.22. The molecule has 1 heterocycles. The number of halogens is 1. The van der Waals surface area contributed by atoms with Crippen molar-refractivity contribution in [3.63, 3.8) is 0 Å². The molecule has 14 heavy (non-hydrogen) atoms. The number of nitrogens with one attached hydrogen (secondary N) is 1. The van der Waals surface area contributed by atoms with Crippen LogP contribution < -0.4 is 5.32 Å². The lowest BCUT2D eigenvalue weighted by Gasteiger charge is -2.21. The molecule has 2 rings (SSSR count). The van der Waals surface area contributed by atoms with Crippen LogP contribution in [0.2, 0.25) is 0 Å². The van der Waals surface area contributed by atoms with E-state index in [0.717, 1.165) is 0 Å². The van der Waals surface area contributed by atoms with Gasteiger partial charge in [-0.15, -0.1) is 0 Å². The lowest BCUT2D eigenvalue weighted by Crippen LogP contribution is -2.36. The minimum Gasteiger partial charge on any atom is -0.451 e. The van der Waals surface area contributed by atoms with Crippen LogP contribution in [0.5, 0.6) is 0 Å². The third-order valence-electron chi connectivity index (χ3n) is 2.42. The van der Waals surface area contributed by atoms with Gasteiger partial charge < -0.3 is 14.8 Å². The average Bonchev–Trinajstić information content (AvgIpc) is 2.85. The maximum atomic E-state index is 10.1. The first-order chi connectivity index (χ1) is 6.58. The zero-order chi connectivity index (χ0) is 10.2. The van der Waals surface area contributed by atoms with E-state index in [-0.39, 0.29) is 0 Å². The molecule has 0 spiro atoms. The first kappa shape index (κ1) is 10.2. The van der Waals surface area contributed by atoms with E-state index in [1.165, 1.54) is 12.8 Å². The molecule has 4 heteroatoms. The fourth-order valence-corrected chi connectivity index (χ4v) is 1.63. The third-order valence-corrected chi connectivity index (χ3v) is 2.84. The Bertz CT molecular complexity index is 318. The second kappa shape index (κ2) is 3.68. The Morgan fingerprint density at radius 1 is 1.64 bits per heavy atom. The van der Waals surface area contributed by atoms with Gasteiger partial charge in [-0.25, -0.2) is 0 Å².